The van der Waals surface area contributed by atoms with E-state index in [1.54, 1.807) is 31.4 Å². The van der Waals surface area contributed by atoms with E-state index in [9.17, 15) is 18.0 Å². The normalized spacial score (nSPS) is 12.7. The van der Waals surface area contributed by atoms with Crippen LogP contribution < -0.4 is 5.32 Å². The highest BCUT2D eigenvalue weighted by molar-refractivity contribution is 7.89. The molecule has 0 aliphatic carbocycles. The van der Waals surface area contributed by atoms with Gasteiger partial charge in [-0.2, -0.15) is 0 Å². The van der Waals surface area contributed by atoms with Crippen LogP contribution in [0.1, 0.15) is 27.7 Å². The van der Waals surface area contributed by atoms with Gasteiger partial charge in [0.1, 0.15) is 4.88 Å². The molecule has 1 N–H and O–H groups in total. The highest BCUT2D eigenvalue weighted by Gasteiger charge is 2.23. The molecule has 1 atom stereocenters. The highest BCUT2D eigenvalue weighted by atomic mass is 32.2. The quantitative estimate of drug-likeness (QED) is 0.739. The molecular weight excluding hydrogens is 388 g/mol. The fraction of sp³-hybridized carbons (Fsp3) is 0.333. The van der Waals surface area contributed by atoms with Crippen LogP contribution in [0.15, 0.2) is 34.5 Å². The summed E-state index contributed by atoms with van der Waals surface area (Å²) in [5, 5.41) is 4.41. The van der Waals surface area contributed by atoms with E-state index in [1.165, 1.54) is 44.5 Å². The average molecular weight is 411 g/mol. The molecule has 1 amide bonds. The summed E-state index contributed by atoms with van der Waals surface area (Å²) in [5.74, 6) is -1.11. The molecule has 1 aromatic carbocycles. The molecule has 2 aromatic rings. The SMILES string of the molecule is Cc1ccc(S(=O)(=O)N(C)C)cc1NC(=O)[C@@H](C)OC(=O)c1sccc1C. The summed E-state index contributed by atoms with van der Waals surface area (Å²) in [7, 11) is -0.763. The number of thiophene rings is 1. The standard InChI is InChI=1S/C18H22N2O5S2/c1-11-6-7-14(27(23,24)20(4)5)10-15(11)19-17(21)13(3)25-18(22)16-12(2)8-9-26-16/h6-10,13H,1-5H3,(H,19,21)/t13-/m1/s1. The molecule has 2 rings (SSSR count). The topological polar surface area (TPSA) is 92.8 Å². The Kier molecular flexibility index (Phi) is 6.40. The maximum absolute atomic E-state index is 12.4. The summed E-state index contributed by atoms with van der Waals surface area (Å²) < 4.78 is 30.9. The maximum Gasteiger partial charge on any atom is 0.349 e. The third kappa shape index (κ3) is 4.74. The molecular formula is C18H22N2O5S2. The Hall–Kier alpha value is -2.23. The fourth-order valence-corrected chi connectivity index (χ4v) is 3.93. The van der Waals surface area contributed by atoms with E-state index < -0.39 is 28.0 Å². The highest BCUT2D eigenvalue weighted by Crippen LogP contribution is 2.23. The Labute approximate surface area is 163 Å². The first-order chi connectivity index (χ1) is 12.5. The first-order valence-corrected chi connectivity index (χ1v) is 10.4. The predicted molar refractivity (Wildman–Crippen MR) is 105 cm³/mol. The van der Waals surface area contributed by atoms with Gasteiger partial charge in [0.25, 0.3) is 5.91 Å². The van der Waals surface area contributed by atoms with E-state index in [1.807, 2.05) is 0 Å². The van der Waals surface area contributed by atoms with E-state index in [-0.39, 0.29) is 4.90 Å². The minimum atomic E-state index is -3.63. The van der Waals surface area contributed by atoms with Crippen molar-refractivity contribution in [2.24, 2.45) is 0 Å². The van der Waals surface area contributed by atoms with Crippen molar-refractivity contribution >= 4 is 38.9 Å². The largest absolute Gasteiger partial charge is 0.448 e. The first kappa shape index (κ1) is 21.1. The number of nitrogens with zero attached hydrogens (tertiary/aromatic N) is 1. The summed E-state index contributed by atoms with van der Waals surface area (Å²) in [6.45, 7) is 5.00. The Balaban J connectivity index is 2.15. The Bertz CT molecular complexity index is 964. The monoisotopic (exact) mass is 410 g/mol. The van der Waals surface area contributed by atoms with Gasteiger partial charge in [0.2, 0.25) is 10.0 Å². The first-order valence-electron chi connectivity index (χ1n) is 8.13. The molecule has 0 aliphatic rings. The lowest BCUT2D eigenvalue weighted by molar-refractivity contribution is -0.123. The second-order valence-corrected chi connectivity index (χ2v) is 9.30. The van der Waals surface area contributed by atoms with E-state index >= 15 is 0 Å². The summed E-state index contributed by atoms with van der Waals surface area (Å²) in [6.07, 6.45) is -1.03. The number of sulfonamides is 1. The van der Waals surface area contributed by atoms with Gasteiger partial charge in [0.15, 0.2) is 6.10 Å². The Morgan fingerprint density at radius 3 is 2.37 bits per heavy atom. The van der Waals surface area contributed by atoms with Crippen molar-refractivity contribution in [2.45, 2.75) is 31.8 Å². The second kappa shape index (κ2) is 8.20. The van der Waals surface area contributed by atoms with Gasteiger partial charge in [-0.05, 0) is 55.5 Å². The number of carbonyl (C=O) groups is 2. The van der Waals surface area contributed by atoms with E-state index in [2.05, 4.69) is 5.32 Å². The molecule has 0 fully saturated rings. The van der Waals surface area contributed by atoms with Crippen LogP contribution in [0.4, 0.5) is 5.69 Å². The molecule has 0 unspecified atom stereocenters. The van der Waals surface area contributed by atoms with Crippen molar-refractivity contribution in [3.05, 3.63) is 45.6 Å². The number of hydrogen-bond acceptors (Lipinski definition) is 6. The van der Waals surface area contributed by atoms with Crippen LogP contribution in [0.2, 0.25) is 0 Å². The van der Waals surface area contributed by atoms with Crippen LogP contribution in [0, 0.1) is 13.8 Å². The van der Waals surface area contributed by atoms with Gasteiger partial charge in [-0.3, -0.25) is 4.79 Å². The molecule has 0 saturated carbocycles. The van der Waals surface area contributed by atoms with E-state index in [4.69, 9.17) is 4.74 Å². The molecule has 9 heteroatoms. The molecule has 146 valence electrons. The zero-order chi connectivity index (χ0) is 20.4. The van der Waals surface area contributed by atoms with Crippen LogP contribution in [0.25, 0.3) is 0 Å². The molecule has 27 heavy (non-hydrogen) atoms. The van der Waals surface area contributed by atoms with Gasteiger partial charge in [-0.25, -0.2) is 17.5 Å². The summed E-state index contributed by atoms with van der Waals surface area (Å²) in [5.41, 5.74) is 1.82. The number of aryl methyl sites for hydroxylation is 2. The number of carbonyl (C=O) groups excluding carboxylic acids is 2. The van der Waals surface area contributed by atoms with Crippen molar-refractivity contribution in [3.8, 4) is 0 Å². The maximum atomic E-state index is 12.4. The van der Waals surface area contributed by atoms with Gasteiger partial charge in [-0.1, -0.05) is 6.07 Å². The molecule has 0 radical (unpaired) electrons. The number of benzene rings is 1. The second-order valence-electron chi connectivity index (χ2n) is 6.23. The zero-order valence-corrected chi connectivity index (χ0v) is 17.4. The lowest BCUT2D eigenvalue weighted by Gasteiger charge is -2.16. The fourth-order valence-electron chi connectivity index (χ4n) is 2.19. The van der Waals surface area contributed by atoms with Crippen LogP contribution in [0.3, 0.4) is 0 Å². The van der Waals surface area contributed by atoms with Crippen molar-refractivity contribution in [2.75, 3.05) is 19.4 Å². The molecule has 0 aliphatic heterocycles. The van der Waals surface area contributed by atoms with Crippen molar-refractivity contribution in [1.82, 2.24) is 4.31 Å². The van der Waals surface area contributed by atoms with Crippen molar-refractivity contribution in [1.29, 1.82) is 0 Å². The van der Waals surface area contributed by atoms with Gasteiger partial charge in [0.05, 0.1) is 4.90 Å². The van der Waals surface area contributed by atoms with Crippen LogP contribution >= 0.6 is 11.3 Å². The van der Waals surface area contributed by atoms with Crippen molar-refractivity contribution in [3.63, 3.8) is 0 Å². The molecule has 0 spiro atoms. The number of rotatable bonds is 6. The van der Waals surface area contributed by atoms with Crippen LogP contribution in [-0.2, 0) is 19.6 Å². The molecule has 1 heterocycles. The number of nitrogens with one attached hydrogen (secondary N) is 1. The minimum absolute atomic E-state index is 0.0623. The van der Waals surface area contributed by atoms with Crippen LogP contribution in [-0.4, -0.2) is 44.8 Å². The third-order valence-corrected chi connectivity index (χ3v) is 6.75. The van der Waals surface area contributed by atoms with E-state index in [0.717, 1.165) is 9.87 Å². The predicted octanol–water partition coefficient (Wildman–Crippen LogP) is 2.80. The van der Waals surface area contributed by atoms with Gasteiger partial charge >= 0.3 is 5.97 Å². The lowest BCUT2D eigenvalue weighted by Crippen LogP contribution is -2.30. The number of hydrogen-bond donors (Lipinski definition) is 1. The molecule has 0 bridgehead atoms. The zero-order valence-electron chi connectivity index (χ0n) is 15.8. The Morgan fingerprint density at radius 1 is 1.15 bits per heavy atom. The lowest BCUT2D eigenvalue weighted by atomic mass is 10.2. The minimum Gasteiger partial charge on any atom is -0.448 e. The van der Waals surface area contributed by atoms with Crippen LogP contribution in [0.5, 0.6) is 0 Å². The smallest absolute Gasteiger partial charge is 0.349 e. The number of ether oxygens (including phenoxy) is 1. The number of anilines is 1. The van der Waals surface area contributed by atoms with Gasteiger partial charge in [0, 0.05) is 19.8 Å². The van der Waals surface area contributed by atoms with E-state index in [0.29, 0.717) is 16.1 Å². The molecule has 7 nitrogen and oxygen atoms in total. The number of amides is 1. The summed E-state index contributed by atoms with van der Waals surface area (Å²) >= 11 is 1.25. The van der Waals surface area contributed by atoms with Crippen molar-refractivity contribution < 1.29 is 22.7 Å². The summed E-state index contributed by atoms with van der Waals surface area (Å²) in [6, 6.07) is 6.27. The Morgan fingerprint density at radius 2 is 1.81 bits per heavy atom. The number of esters is 1. The average Bonchev–Trinajstić information content (AvgIpc) is 3.02. The summed E-state index contributed by atoms with van der Waals surface area (Å²) in [4.78, 5) is 25.1. The molecule has 1 aromatic heterocycles. The van der Waals surface area contributed by atoms with Gasteiger partial charge in [-0.15, -0.1) is 11.3 Å². The third-order valence-electron chi connectivity index (χ3n) is 3.95. The molecule has 0 saturated heterocycles. The van der Waals surface area contributed by atoms with Gasteiger partial charge < -0.3 is 10.1 Å².